The van der Waals surface area contributed by atoms with Gasteiger partial charge in [0, 0.05) is 65.8 Å². The lowest BCUT2D eigenvalue weighted by atomic mass is 10.1. The predicted molar refractivity (Wildman–Crippen MR) is 119 cm³/mol. The van der Waals surface area contributed by atoms with Crippen molar-refractivity contribution in [3.63, 3.8) is 0 Å². The van der Waals surface area contributed by atoms with Gasteiger partial charge in [-0.25, -0.2) is 0 Å². The number of hydrogen-bond donors (Lipinski definition) is 1. The Bertz CT molecular complexity index is 831. The number of aliphatic imine (C=N–C) groups is 1. The van der Waals surface area contributed by atoms with Gasteiger partial charge in [0.1, 0.15) is 0 Å². The van der Waals surface area contributed by atoms with Crippen LogP contribution in [0.2, 0.25) is 0 Å². The van der Waals surface area contributed by atoms with E-state index in [-0.39, 0.29) is 0 Å². The molecule has 2 heterocycles. The molecule has 1 aromatic heterocycles. The molecule has 1 aliphatic heterocycles. The minimum atomic E-state index is 0.627. The Morgan fingerprint density at radius 1 is 1.00 bits per heavy atom. The minimum Gasteiger partial charge on any atom is -0.493 e. The topological polar surface area (TPSA) is 63.5 Å². The fourth-order valence-electron chi connectivity index (χ4n) is 3.78. The molecule has 8 nitrogen and oxygen atoms in total. The van der Waals surface area contributed by atoms with Crippen LogP contribution in [0.15, 0.2) is 35.6 Å². The SMILES string of the molecule is CN=C(NCc1ccn(C)c1)N1CCN(Cc2cc(OC)c(OC)c(OC)c2)CC1. The number of nitrogens with one attached hydrogen (secondary N) is 1. The molecule has 30 heavy (non-hydrogen) atoms. The third-order valence-electron chi connectivity index (χ3n) is 5.36. The van der Waals surface area contributed by atoms with E-state index in [1.54, 1.807) is 21.3 Å². The second kappa shape index (κ2) is 10.2. The van der Waals surface area contributed by atoms with Gasteiger partial charge in [0.25, 0.3) is 0 Å². The molecule has 0 saturated carbocycles. The van der Waals surface area contributed by atoms with E-state index in [1.165, 1.54) is 5.56 Å². The van der Waals surface area contributed by atoms with Crippen molar-refractivity contribution in [2.75, 3.05) is 54.6 Å². The summed E-state index contributed by atoms with van der Waals surface area (Å²) in [6.07, 6.45) is 4.18. The zero-order chi connectivity index (χ0) is 21.5. The van der Waals surface area contributed by atoms with Gasteiger partial charge in [0.2, 0.25) is 5.75 Å². The van der Waals surface area contributed by atoms with E-state index in [0.717, 1.165) is 50.8 Å². The zero-order valence-electron chi connectivity index (χ0n) is 18.6. The number of benzene rings is 1. The van der Waals surface area contributed by atoms with Gasteiger partial charge in [-0.15, -0.1) is 0 Å². The molecular formula is C22H33N5O3. The van der Waals surface area contributed by atoms with Crippen molar-refractivity contribution in [2.24, 2.45) is 12.0 Å². The second-order valence-corrected chi connectivity index (χ2v) is 7.38. The lowest BCUT2D eigenvalue weighted by molar-refractivity contribution is 0.172. The van der Waals surface area contributed by atoms with Crippen LogP contribution in [0.5, 0.6) is 17.2 Å². The Morgan fingerprint density at radius 2 is 1.67 bits per heavy atom. The van der Waals surface area contributed by atoms with Crippen LogP contribution in [0.4, 0.5) is 0 Å². The van der Waals surface area contributed by atoms with Gasteiger partial charge >= 0.3 is 0 Å². The molecule has 1 fully saturated rings. The smallest absolute Gasteiger partial charge is 0.203 e. The van der Waals surface area contributed by atoms with Gasteiger partial charge in [-0.3, -0.25) is 9.89 Å². The van der Waals surface area contributed by atoms with Crippen LogP contribution >= 0.6 is 0 Å². The van der Waals surface area contributed by atoms with Gasteiger partial charge in [-0.1, -0.05) is 0 Å². The Labute approximate surface area is 179 Å². The summed E-state index contributed by atoms with van der Waals surface area (Å²) in [7, 11) is 8.79. The van der Waals surface area contributed by atoms with Crippen molar-refractivity contribution in [1.82, 2.24) is 19.7 Å². The highest BCUT2D eigenvalue weighted by Crippen LogP contribution is 2.38. The van der Waals surface area contributed by atoms with Gasteiger partial charge in [0.05, 0.1) is 21.3 Å². The van der Waals surface area contributed by atoms with Crippen LogP contribution in [0.3, 0.4) is 0 Å². The lowest BCUT2D eigenvalue weighted by Crippen LogP contribution is -2.52. The number of hydrogen-bond acceptors (Lipinski definition) is 5. The van der Waals surface area contributed by atoms with Crippen LogP contribution in [-0.2, 0) is 20.1 Å². The summed E-state index contributed by atoms with van der Waals surface area (Å²) in [6.45, 7) is 5.39. The van der Waals surface area contributed by atoms with Crippen molar-refractivity contribution >= 4 is 5.96 Å². The van der Waals surface area contributed by atoms with E-state index < -0.39 is 0 Å². The first-order valence-corrected chi connectivity index (χ1v) is 10.2. The molecule has 0 unspecified atom stereocenters. The molecule has 164 valence electrons. The van der Waals surface area contributed by atoms with Crippen molar-refractivity contribution in [3.8, 4) is 17.2 Å². The number of aryl methyl sites for hydroxylation is 1. The molecule has 1 aromatic carbocycles. The maximum absolute atomic E-state index is 5.48. The summed E-state index contributed by atoms with van der Waals surface area (Å²) >= 11 is 0. The van der Waals surface area contributed by atoms with Gasteiger partial charge in [0.15, 0.2) is 17.5 Å². The molecule has 0 spiro atoms. The third-order valence-corrected chi connectivity index (χ3v) is 5.36. The monoisotopic (exact) mass is 415 g/mol. The predicted octanol–water partition coefficient (Wildman–Crippen LogP) is 1.94. The molecule has 1 N–H and O–H groups in total. The molecule has 0 aliphatic carbocycles. The van der Waals surface area contributed by atoms with E-state index in [0.29, 0.717) is 17.2 Å². The summed E-state index contributed by atoms with van der Waals surface area (Å²) in [6, 6.07) is 6.16. The average Bonchev–Trinajstić information content (AvgIpc) is 3.19. The zero-order valence-corrected chi connectivity index (χ0v) is 18.6. The molecule has 1 saturated heterocycles. The van der Waals surface area contributed by atoms with Crippen LogP contribution in [-0.4, -0.2) is 74.9 Å². The average molecular weight is 416 g/mol. The first-order chi connectivity index (χ1) is 14.6. The number of nitrogens with zero attached hydrogens (tertiary/aromatic N) is 4. The fraction of sp³-hybridized carbons (Fsp3) is 0.500. The van der Waals surface area contributed by atoms with Crippen LogP contribution in [0, 0.1) is 0 Å². The van der Waals surface area contributed by atoms with Crippen LogP contribution in [0.1, 0.15) is 11.1 Å². The van der Waals surface area contributed by atoms with E-state index in [2.05, 4.69) is 43.1 Å². The molecule has 0 bridgehead atoms. The van der Waals surface area contributed by atoms with Gasteiger partial charge in [-0.2, -0.15) is 0 Å². The highest BCUT2D eigenvalue weighted by Gasteiger charge is 2.21. The van der Waals surface area contributed by atoms with Gasteiger partial charge < -0.3 is 29.0 Å². The number of piperazine rings is 1. The Hall–Kier alpha value is -2.87. The maximum Gasteiger partial charge on any atom is 0.203 e. The van der Waals surface area contributed by atoms with E-state index >= 15 is 0 Å². The highest BCUT2D eigenvalue weighted by atomic mass is 16.5. The Kier molecular flexibility index (Phi) is 7.46. The number of methoxy groups -OCH3 is 3. The lowest BCUT2D eigenvalue weighted by Gasteiger charge is -2.36. The first-order valence-electron chi connectivity index (χ1n) is 10.2. The van der Waals surface area contributed by atoms with E-state index in [1.807, 2.05) is 26.2 Å². The molecule has 0 radical (unpaired) electrons. The standard InChI is InChI=1S/C22H33N5O3/c1-23-22(24-14-17-6-7-25(2)15-17)27-10-8-26(9-11-27)16-18-12-19(28-3)21(30-5)20(13-18)29-4/h6-7,12-13,15H,8-11,14,16H2,1-5H3,(H,23,24). The van der Waals surface area contributed by atoms with E-state index in [9.17, 15) is 0 Å². The number of ether oxygens (including phenoxy) is 3. The summed E-state index contributed by atoms with van der Waals surface area (Å²) in [4.78, 5) is 9.21. The largest absolute Gasteiger partial charge is 0.493 e. The quantitative estimate of drug-likeness (QED) is 0.551. The highest BCUT2D eigenvalue weighted by molar-refractivity contribution is 5.80. The Morgan fingerprint density at radius 3 is 2.17 bits per heavy atom. The molecule has 0 amide bonds. The summed E-state index contributed by atoms with van der Waals surface area (Å²) in [5.74, 6) is 2.96. The minimum absolute atomic E-state index is 0.627. The second-order valence-electron chi connectivity index (χ2n) is 7.38. The summed E-state index contributed by atoms with van der Waals surface area (Å²) in [5.41, 5.74) is 2.39. The molecule has 2 aromatic rings. The molecule has 3 rings (SSSR count). The van der Waals surface area contributed by atoms with Crippen molar-refractivity contribution in [3.05, 3.63) is 41.7 Å². The first kappa shape index (κ1) is 21.8. The summed E-state index contributed by atoms with van der Waals surface area (Å²) in [5, 5.41) is 3.47. The third kappa shape index (κ3) is 5.18. The maximum atomic E-state index is 5.48. The fourth-order valence-corrected chi connectivity index (χ4v) is 3.78. The number of rotatable bonds is 7. The molecule has 1 aliphatic rings. The van der Waals surface area contributed by atoms with Crippen molar-refractivity contribution < 1.29 is 14.2 Å². The molecule has 0 atom stereocenters. The van der Waals surface area contributed by atoms with Crippen LogP contribution in [0.25, 0.3) is 0 Å². The summed E-state index contributed by atoms with van der Waals surface area (Å²) < 4.78 is 18.4. The van der Waals surface area contributed by atoms with E-state index in [4.69, 9.17) is 14.2 Å². The number of guanidine groups is 1. The van der Waals surface area contributed by atoms with Crippen molar-refractivity contribution in [2.45, 2.75) is 13.1 Å². The van der Waals surface area contributed by atoms with Crippen molar-refractivity contribution in [1.29, 1.82) is 0 Å². The van der Waals surface area contributed by atoms with Crippen LogP contribution < -0.4 is 19.5 Å². The molecule has 8 heteroatoms. The normalized spacial score (nSPS) is 15.2. The van der Waals surface area contributed by atoms with Gasteiger partial charge in [-0.05, 0) is 29.3 Å². The molecular weight excluding hydrogens is 382 g/mol. The number of aromatic nitrogens is 1. The Balaban J connectivity index is 1.56.